The molecule has 0 radical (unpaired) electrons. The summed E-state index contributed by atoms with van der Waals surface area (Å²) >= 11 is 0. The first kappa shape index (κ1) is 35.2. The molecule has 5 aromatic heterocycles. The van der Waals surface area contributed by atoms with E-state index in [1.54, 1.807) is 12.4 Å². The molecule has 63 heavy (non-hydrogen) atoms. The Morgan fingerprint density at radius 3 is 1.37 bits per heavy atom. The highest BCUT2D eigenvalue weighted by Gasteiger charge is 2.17. The topological polar surface area (TPSA) is 61.7 Å². The Kier molecular flexibility index (Phi) is 7.80. The Hall–Kier alpha value is -8.61. The van der Waals surface area contributed by atoms with Crippen LogP contribution in [0.15, 0.2) is 217 Å². The minimum absolute atomic E-state index is 0.659. The minimum Gasteiger partial charge on any atom is -0.456 e. The predicted octanol–water partition coefficient (Wildman–Crippen LogP) is 14.6. The second kappa shape index (κ2) is 14.0. The summed E-state index contributed by atoms with van der Waals surface area (Å²) in [5, 5.41) is 7.07. The van der Waals surface area contributed by atoms with E-state index in [9.17, 15) is 0 Å². The highest BCUT2D eigenvalue weighted by Crippen LogP contribution is 2.39. The molecular formula is C57H35N5O. The van der Waals surface area contributed by atoms with Gasteiger partial charge in [0.2, 0.25) is 0 Å². The van der Waals surface area contributed by atoms with Crippen molar-refractivity contribution < 1.29 is 4.42 Å². The van der Waals surface area contributed by atoms with E-state index in [0.717, 1.165) is 83.3 Å². The molecule has 0 saturated heterocycles. The number of aromatic nitrogens is 5. The molecule has 0 aliphatic rings. The van der Waals surface area contributed by atoms with Gasteiger partial charge in [0.25, 0.3) is 0 Å². The molecule has 13 aromatic rings. The van der Waals surface area contributed by atoms with Crippen molar-refractivity contribution in [1.82, 2.24) is 24.1 Å². The summed E-state index contributed by atoms with van der Waals surface area (Å²) in [5.41, 5.74) is 16.2. The molecule has 0 aliphatic carbocycles. The van der Waals surface area contributed by atoms with Crippen molar-refractivity contribution in [1.29, 1.82) is 0 Å². The third-order valence-electron chi connectivity index (χ3n) is 12.5. The van der Waals surface area contributed by atoms with E-state index in [1.165, 1.54) is 32.6 Å². The maximum Gasteiger partial charge on any atom is 0.160 e. The number of furan rings is 1. The molecule has 6 nitrogen and oxygen atoms in total. The van der Waals surface area contributed by atoms with Crippen LogP contribution in [0.3, 0.4) is 0 Å². The van der Waals surface area contributed by atoms with Gasteiger partial charge in [-0.15, -0.1) is 0 Å². The van der Waals surface area contributed by atoms with Crippen molar-refractivity contribution in [3.05, 3.63) is 213 Å². The smallest absolute Gasteiger partial charge is 0.160 e. The van der Waals surface area contributed by atoms with E-state index in [2.05, 4.69) is 206 Å². The van der Waals surface area contributed by atoms with Gasteiger partial charge in [0.15, 0.2) is 5.82 Å². The lowest BCUT2D eigenvalue weighted by Gasteiger charge is -2.11. The van der Waals surface area contributed by atoms with Gasteiger partial charge in [-0.1, -0.05) is 97.1 Å². The Balaban J connectivity index is 0.882. The molecular weight excluding hydrogens is 771 g/mol. The molecule has 0 spiro atoms. The highest BCUT2D eigenvalue weighted by atomic mass is 16.3. The van der Waals surface area contributed by atoms with Crippen molar-refractivity contribution in [3.8, 4) is 56.1 Å². The minimum atomic E-state index is 0.659. The number of pyridine rings is 1. The van der Waals surface area contributed by atoms with Gasteiger partial charge in [-0.25, -0.2) is 9.97 Å². The maximum atomic E-state index is 6.44. The summed E-state index contributed by atoms with van der Waals surface area (Å²) in [5.74, 6) is 0.659. The van der Waals surface area contributed by atoms with Crippen LogP contribution < -0.4 is 0 Å². The van der Waals surface area contributed by atoms with Crippen molar-refractivity contribution in [3.63, 3.8) is 0 Å². The van der Waals surface area contributed by atoms with Crippen LogP contribution in [-0.4, -0.2) is 24.1 Å². The molecule has 0 amide bonds. The molecule has 0 aliphatic heterocycles. The number of nitrogens with zero attached hydrogens (tertiary/aromatic N) is 5. The van der Waals surface area contributed by atoms with Crippen molar-refractivity contribution in [2.75, 3.05) is 0 Å². The Morgan fingerprint density at radius 2 is 0.778 bits per heavy atom. The summed E-state index contributed by atoms with van der Waals surface area (Å²) in [6.45, 7) is 0. The van der Waals surface area contributed by atoms with Gasteiger partial charge in [-0.2, -0.15) is 0 Å². The number of hydrogen-bond acceptors (Lipinski definition) is 4. The molecule has 5 heterocycles. The Bertz CT molecular complexity index is 3880. The standard InChI is InChI=1S/C57H35N5O/c1-4-17-51-45(14-1)46-15-2-5-18-52(46)61(51)43-12-7-10-36(29-43)38-21-24-55-49(32-38)50-33-39(22-25-56(50)63-55)37-11-8-13-44(30-37)62-53-19-6-3-16-47(53)48-31-40(20-23-54(48)62)41-28-42(35-58-34-41)57-59-26-9-27-60-57/h1-35H. The lowest BCUT2D eigenvalue weighted by atomic mass is 9.99. The second-order valence-electron chi connectivity index (χ2n) is 16.1. The highest BCUT2D eigenvalue weighted by molar-refractivity contribution is 6.12. The van der Waals surface area contributed by atoms with Crippen molar-refractivity contribution in [2.45, 2.75) is 0 Å². The van der Waals surface area contributed by atoms with E-state index in [-0.39, 0.29) is 0 Å². The summed E-state index contributed by atoms with van der Waals surface area (Å²) in [4.78, 5) is 13.4. The first-order valence-electron chi connectivity index (χ1n) is 21.1. The van der Waals surface area contributed by atoms with E-state index >= 15 is 0 Å². The van der Waals surface area contributed by atoms with Gasteiger partial charge in [0.1, 0.15) is 11.2 Å². The first-order valence-corrected chi connectivity index (χ1v) is 21.1. The normalized spacial score (nSPS) is 11.8. The zero-order chi connectivity index (χ0) is 41.4. The number of fused-ring (bicyclic) bond motifs is 9. The quantitative estimate of drug-likeness (QED) is 0.168. The predicted molar refractivity (Wildman–Crippen MR) is 258 cm³/mol. The summed E-state index contributed by atoms with van der Waals surface area (Å²) in [6.07, 6.45) is 7.23. The van der Waals surface area contributed by atoms with Crippen LogP contribution in [0.4, 0.5) is 0 Å². The van der Waals surface area contributed by atoms with Crippen LogP contribution in [-0.2, 0) is 0 Å². The van der Waals surface area contributed by atoms with Crippen LogP contribution in [0, 0.1) is 0 Å². The van der Waals surface area contributed by atoms with Crippen LogP contribution in [0.5, 0.6) is 0 Å². The monoisotopic (exact) mass is 805 g/mol. The molecule has 13 rings (SSSR count). The van der Waals surface area contributed by atoms with Crippen LogP contribution in [0.2, 0.25) is 0 Å². The molecule has 0 atom stereocenters. The number of rotatable bonds is 6. The molecule has 0 fully saturated rings. The van der Waals surface area contributed by atoms with Gasteiger partial charge >= 0.3 is 0 Å². The molecule has 8 aromatic carbocycles. The largest absolute Gasteiger partial charge is 0.456 e. The number of hydrogen-bond donors (Lipinski definition) is 0. The lowest BCUT2D eigenvalue weighted by molar-refractivity contribution is 0.669. The van der Waals surface area contributed by atoms with Crippen LogP contribution >= 0.6 is 0 Å². The zero-order valence-corrected chi connectivity index (χ0v) is 33.9. The fourth-order valence-electron chi connectivity index (χ4n) is 9.59. The van der Waals surface area contributed by atoms with Gasteiger partial charge < -0.3 is 13.6 Å². The Morgan fingerprint density at radius 1 is 0.317 bits per heavy atom. The van der Waals surface area contributed by atoms with Gasteiger partial charge in [0.05, 0.1) is 22.1 Å². The average molecular weight is 806 g/mol. The number of benzene rings is 8. The summed E-state index contributed by atoms with van der Waals surface area (Å²) < 4.78 is 11.2. The van der Waals surface area contributed by atoms with E-state index in [0.29, 0.717) is 5.82 Å². The van der Waals surface area contributed by atoms with E-state index in [4.69, 9.17) is 4.42 Å². The molecule has 0 bridgehead atoms. The zero-order valence-electron chi connectivity index (χ0n) is 33.9. The van der Waals surface area contributed by atoms with Gasteiger partial charge in [-0.3, -0.25) is 4.98 Å². The molecule has 0 saturated carbocycles. The maximum absolute atomic E-state index is 6.44. The second-order valence-corrected chi connectivity index (χ2v) is 16.1. The van der Waals surface area contributed by atoms with Crippen LogP contribution in [0.1, 0.15) is 0 Å². The summed E-state index contributed by atoms with van der Waals surface area (Å²) in [7, 11) is 0. The SMILES string of the molecule is c1cnc(-c2cncc(-c3ccc4c(c3)c3ccccc3n4-c3cccc(-c4ccc5oc6ccc(-c7cccc(-n8c9ccccc9c9ccccc98)c7)cc6c5c4)c3)c2)nc1. The van der Waals surface area contributed by atoms with E-state index in [1.807, 2.05) is 18.5 Å². The third kappa shape index (κ3) is 5.69. The van der Waals surface area contributed by atoms with Gasteiger partial charge in [0, 0.05) is 79.6 Å². The van der Waals surface area contributed by atoms with Crippen molar-refractivity contribution in [2.24, 2.45) is 0 Å². The molecule has 294 valence electrons. The molecule has 0 N–H and O–H groups in total. The summed E-state index contributed by atoms with van der Waals surface area (Å²) in [6, 6.07) is 67.4. The van der Waals surface area contributed by atoms with Crippen LogP contribution in [0.25, 0.3) is 122 Å². The fraction of sp³-hybridized carbons (Fsp3) is 0. The lowest BCUT2D eigenvalue weighted by Crippen LogP contribution is -1.94. The fourth-order valence-corrected chi connectivity index (χ4v) is 9.59. The Labute approximate surface area is 361 Å². The molecule has 0 unspecified atom stereocenters. The number of para-hydroxylation sites is 3. The third-order valence-corrected chi connectivity index (χ3v) is 12.5. The van der Waals surface area contributed by atoms with Gasteiger partial charge in [-0.05, 0) is 119 Å². The van der Waals surface area contributed by atoms with E-state index < -0.39 is 0 Å². The average Bonchev–Trinajstić information content (AvgIpc) is 4.01. The molecule has 6 heteroatoms. The first-order chi connectivity index (χ1) is 31.2. The van der Waals surface area contributed by atoms with Crippen molar-refractivity contribution >= 4 is 65.6 Å².